The Kier molecular flexibility index (Phi) is 5.82. The van der Waals surface area contributed by atoms with Crippen molar-refractivity contribution in [3.63, 3.8) is 0 Å². The molecule has 2 heterocycles. The minimum absolute atomic E-state index is 0.220. The van der Waals surface area contributed by atoms with Crippen molar-refractivity contribution >= 4 is 27.7 Å². The number of likely N-dealkylation sites (tertiary alicyclic amines) is 1. The third-order valence-electron chi connectivity index (χ3n) is 6.14. The molecule has 0 radical (unpaired) electrons. The van der Waals surface area contributed by atoms with Gasteiger partial charge in [0.15, 0.2) is 0 Å². The second-order valence-electron chi connectivity index (χ2n) is 8.78. The van der Waals surface area contributed by atoms with Gasteiger partial charge in [0.2, 0.25) is 5.91 Å². The summed E-state index contributed by atoms with van der Waals surface area (Å²) in [7, 11) is 0. The summed E-state index contributed by atoms with van der Waals surface area (Å²) in [6.45, 7) is 8.40. The normalized spacial score (nSPS) is 20.8. The minimum atomic E-state index is 0.220. The number of aromatic nitrogens is 1. The van der Waals surface area contributed by atoms with Crippen molar-refractivity contribution in [2.45, 2.75) is 46.0 Å². The van der Waals surface area contributed by atoms with Crippen LogP contribution in [-0.2, 0) is 0 Å². The van der Waals surface area contributed by atoms with E-state index in [2.05, 4.69) is 43.0 Å². The summed E-state index contributed by atoms with van der Waals surface area (Å²) in [5.74, 6) is 1.86. The predicted octanol–water partition coefficient (Wildman–Crippen LogP) is 5.97. The van der Waals surface area contributed by atoms with Crippen LogP contribution in [0.5, 0.6) is 0 Å². The summed E-state index contributed by atoms with van der Waals surface area (Å²) >= 11 is 0. The topological polar surface area (TPSA) is 25.2 Å². The molecule has 2 unspecified atom stereocenters. The van der Waals surface area contributed by atoms with Crippen LogP contribution in [0.2, 0.25) is 0 Å². The van der Waals surface area contributed by atoms with Gasteiger partial charge in [-0.1, -0.05) is 56.7 Å². The molecule has 28 heavy (non-hydrogen) atoms. The lowest BCUT2D eigenvalue weighted by atomic mass is 9.92. The molecule has 3 aromatic rings. The third-order valence-corrected chi connectivity index (χ3v) is 6.14. The van der Waals surface area contributed by atoms with Gasteiger partial charge in [0.25, 0.3) is 0 Å². The van der Waals surface area contributed by atoms with E-state index in [0.717, 1.165) is 35.7 Å². The number of hydrogen-bond acceptors (Lipinski definition) is 2. The van der Waals surface area contributed by atoms with Crippen LogP contribution in [0.3, 0.4) is 0 Å². The number of nitrogens with zero attached hydrogens (tertiary/aromatic N) is 2. The molecular formula is C25H32N2O. The Labute approximate surface area is 168 Å². The quantitative estimate of drug-likeness (QED) is 0.495. The Morgan fingerprint density at radius 3 is 2.04 bits per heavy atom. The van der Waals surface area contributed by atoms with Crippen molar-refractivity contribution < 1.29 is 4.79 Å². The number of hydrogen-bond donors (Lipinski definition) is 0. The zero-order valence-corrected chi connectivity index (χ0v) is 17.2. The molecule has 0 aliphatic carbocycles. The first-order valence-electron chi connectivity index (χ1n) is 10.9. The molecule has 148 valence electrons. The number of carbonyl (C=O) groups is 1. The first kappa shape index (κ1) is 19.2. The van der Waals surface area contributed by atoms with Gasteiger partial charge in [-0.15, -0.1) is 0 Å². The van der Waals surface area contributed by atoms with Gasteiger partial charge < -0.3 is 4.90 Å². The molecule has 3 heteroatoms. The Morgan fingerprint density at radius 1 is 0.857 bits per heavy atom. The number of carbonyl (C=O) groups excluding carboxylic acids is 1. The number of unbranched alkanes of at least 4 members (excludes halogenated alkanes) is 2. The highest BCUT2D eigenvalue weighted by atomic mass is 16.2. The van der Waals surface area contributed by atoms with E-state index in [0.29, 0.717) is 6.42 Å². The van der Waals surface area contributed by atoms with Crippen molar-refractivity contribution in [1.82, 2.24) is 9.47 Å². The van der Waals surface area contributed by atoms with Gasteiger partial charge in [0.05, 0.1) is 11.0 Å². The maximum Gasteiger partial charge on any atom is 0.231 e. The molecule has 2 aromatic carbocycles. The van der Waals surface area contributed by atoms with Crippen molar-refractivity contribution in [3.8, 4) is 0 Å². The van der Waals surface area contributed by atoms with Crippen LogP contribution in [0, 0.1) is 11.8 Å². The van der Waals surface area contributed by atoms with E-state index in [-0.39, 0.29) is 5.91 Å². The summed E-state index contributed by atoms with van der Waals surface area (Å²) in [6, 6.07) is 16.5. The summed E-state index contributed by atoms with van der Waals surface area (Å²) in [6.07, 6.45) is 5.28. The SMILES string of the molecule is CC1CC(C)CN(CCCCCC(=O)n2c3ccccc3c3ccccc32)C1. The van der Waals surface area contributed by atoms with Crippen LogP contribution in [0.4, 0.5) is 0 Å². The monoisotopic (exact) mass is 376 g/mol. The standard InChI is InChI=1S/C25H32N2O/c1-19-16-20(2)18-26(17-19)15-9-3-4-14-25(28)27-23-12-7-5-10-21(23)22-11-6-8-13-24(22)27/h5-8,10-13,19-20H,3-4,9,14-18H2,1-2H3. The Morgan fingerprint density at radius 2 is 1.43 bits per heavy atom. The van der Waals surface area contributed by atoms with Gasteiger partial charge in [-0.2, -0.15) is 0 Å². The number of piperidine rings is 1. The van der Waals surface area contributed by atoms with Gasteiger partial charge in [0.1, 0.15) is 0 Å². The van der Waals surface area contributed by atoms with Crippen LogP contribution in [0.1, 0.15) is 50.7 Å². The van der Waals surface area contributed by atoms with Crippen LogP contribution < -0.4 is 0 Å². The molecule has 3 nitrogen and oxygen atoms in total. The first-order valence-corrected chi connectivity index (χ1v) is 10.9. The van der Waals surface area contributed by atoms with Crippen LogP contribution >= 0.6 is 0 Å². The molecular weight excluding hydrogens is 344 g/mol. The summed E-state index contributed by atoms with van der Waals surface area (Å²) in [4.78, 5) is 15.7. The summed E-state index contributed by atoms with van der Waals surface area (Å²) < 4.78 is 1.93. The Hall–Kier alpha value is -2.13. The lowest BCUT2D eigenvalue weighted by molar-refractivity contribution is 0.0908. The van der Waals surface area contributed by atoms with E-state index < -0.39 is 0 Å². The second kappa shape index (κ2) is 8.48. The number of rotatable bonds is 6. The molecule has 0 saturated carbocycles. The zero-order chi connectivity index (χ0) is 19.5. The number of para-hydroxylation sites is 2. The van der Waals surface area contributed by atoms with E-state index >= 15 is 0 Å². The van der Waals surface area contributed by atoms with Crippen molar-refractivity contribution in [1.29, 1.82) is 0 Å². The fourth-order valence-corrected chi connectivity index (χ4v) is 5.07. The van der Waals surface area contributed by atoms with Crippen LogP contribution in [0.25, 0.3) is 21.8 Å². The molecule has 0 spiro atoms. The molecule has 1 aromatic heterocycles. The highest BCUT2D eigenvalue weighted by Gasteiger charge is 2.21. The zero-order valence-electron chi connectivity index (χ0n) is 17.2. The first-order chi connectivity index (χ1) is 13.6. The van der Waals surface area contributed by atoms with E-state index in [1.54, 1.807) is 0 Å². The van der Waals surface area contributed by atoms with E-state index in [9.17, 15) is 4.79 Å². The van der Waals surface area contributed by atoms with Gasteiger partial charge in [-0.05, 0) is 49.8 Å². The third kappa shape index (κ3) is 4.00. The second-order valence-corrected chi connectivity index (χ2v) is 8.78. The highest BCUT2D eigenvalue weighted by Crippen LogP contribution is 2.29. The summed E-state index contributed by atoms with van der Waals surface area (Å²) in [5, 5.41) is 2.33. The molecule has 1 aliphatic heterocycles. The number of fused-ring (bicyclic) bond motifs is 3. The summed E-state index contributed by atoms with van der Waals surface area (Å²) in [5.41, 5.74) is 2.06. The smallest absolute Gasteiger partial charge is 0.231 e. The Bertz CT molecular complexity index is 894. The molecule has 0 N–H and O–H groups in total. The van der Waals surface area contributed by atoms with Gasteiger partial charge in [0, 0.05) is 30.3 Å². The Balaban J connectivity index is 1.35. The molecule has 1 fully saturated rings. The fourth-order valence-electron chi connectivity index (χ4n) is 5.07. The highest BCUT2D eigenvalue weighted by molar-refractivity contribution is 6.13. The number of benzene rings is 2. The van der Waals surface area contributed by atoms with Crippen LogP contribution in [-0.4, -0.2) is 35.0 Å². The maximum absolute atomic E-state index is 13.0. The molecule has 4 rings (SSSR count). The van der Waals surface area contributed by atoms with E-state index in [4.69, 9.17) is 0 Å². The van der Waals surface area contributed by atoms with Gasteiger partial charge >= 0.3 is 0 Å². The van der Waals surface area contributed by atoms with Crippen LogP contribution in [0.15, 0.2) is 48.5 Å². The molecule has 2 atom stereocenters. The average Bonchev–Trinajstić information content (AvgIpc) is 3.01. The van der Waals surface area contributed by atoms with Crippen molar-refractivity contribution in [2.24, 2.45) is 11.8 Å². The molecule has 1 saturated heterocycles. The molecule has 0 amide bonds. The van der Waals surface area contributed by atoms with E-state index in [1.807, 2.05) is 28.8 Å². The van der Waals surface area contributed by atoms with Gasteiger partial charge in [-0.3, -0.25) is 9.36 Å². The minimum Gasteiger partial charge on any atom is -0.303 e. The van der Waals surface area contributed by atoms with E-state index in [1.165, 1.54) is 43.2 Å². The van der Waals surface area contributed by atoms with Crippen molar-refractivity contribution in [3.05, 3.63) is 48.5 Å². The maximum atomic E-state index is 13.0. The predicted molar refractivity (Wildman–Crippen MR) is 118 cm³/mol. The average molecular weight is 377 g/mol. The molecule has 0 bridgehead atoms. The van der Waals surface area contributed by atoms with Crippen molar-refractivity contribution in [2.75, 3.05) is 19.6 Å². The lowest BCUT2D eigenvalue weighted by Crippen LogP contribution is -2.39. The lowest BCUT2D eigenvalue weighted by Gasteiger charge is -2.34. The largest absolute Gasteiger partial charge is 0.303 e. The fraction of sp³-hybridized carbons (Fsp3) is 0.480. The molecule has 1 aliphatic rings. The van der Waals surface area contributed by atoms with Gasteiger partial charge in [-0.25, -0.2) is 0 Å².